The largest absolute Gasteiger partial charge is 0.487 e. The number of allylic oxidation sites excluding steroid dienone is 1. The molecular weight excluding hydrogens is 663 g/mol. The van der Waals surface area contributed by atoms with E-state index in [1.165, 1.54) is 0 Å². The molecule has 0 saturated carbocycles. The van der Waals surface area contributed by atoms with E-state index in [0.29, 0.717) is 17.2 Å². The molecule has 0 fully saturated rings. The Bertz CT molecular complexity index is 1030. The molecule has 0 radical (unpaired) electrons. The Hall–Kier alpha value is -1.08. The van der Waals surface area contributed by atoms with Gasteiger partial charge in [-0.05, 0) is 104 Å². The van der Waals surface area contributed by atoms with Crippen LogP contribution < -0.4 is 4.74 Å². The van der Waals surface area contributed by atoms with Gasteiger partial charge in [0, 0.05) is 9.50 Å². The first-order valence-corrected chi connectivity index (χ1v) is 11.5. The van der Waals surface area contributed by atoms with Gasteiger partial charge >= 0.3 is 0 Å². The fourth-order valence-corrected chi connectivity index (χ4v) is 5.03. The van der Waals surface area contributed by atoms with Gasteiger partial charge < -0.3 is 4.74 Å². The van der Waals surface area contributed by atoms with E-state index in [4.69, 9.17) is 16.3 Å². The van der Waals surface area contributed by atoms with Crippen molar-refractivity contribution >= 4 is 84.4 Å². The van der Waals surface area contributed by atoms with Crippen molar-refractivity contribution in [2.75, 3.05) is 0 Å². The van der Waals surface area contributed by atoms with Gasteiger partial charge in [-0.1, -0.05) is 51.8 Å². The zero-order chi connectivity index (χ0) is 20.1. The van der Waals surface area contributed by atoms with Crippen LogP contribution in [0, 0.1) is 18.5 Å². The van der Waals surface area contributed by atoms with Crippen molar-refractivity contribution in [1.29, 1.82) is 5.26 Å². The van der Waals surface area contributed by atoms with Crippen LogP contribution in [0.25, 0.3) is 11.6 Å². The molecule has 0 atom stereocenters. The van der Waals surface area contributed by atoms with E-state index in [2.05, 4.69) is 67.2 Å². The highest BCUT2D eigenvalue weighted by atomic mass is 127. The molecule has 0 aliphatic rings. The standard InChI is InChI=1S/C22H13BrClI2NO/c23-18-5-1-14(2-6-18)13-28-22-20(25)10-15(11-21(22)26)9-17(12-27)16-3-7-19(24)8-4-16/h1-11H,13H2/b17-9-. The Morgan fingerprint density at radius 2 is 1.64 bits per heavy atom. The minimum atomic E-state index is 0.503. The van der Waals surface area contributed by atoms with Gasteiger partial charge in [0.05, 0.1) is 18.8 Å². The van der Waals surface area contributed by atoms with Crippen molar-refractivity contribution in [1.82, 2.24) is 0 Å². The summed E-state index contributed by atoms with van der Waals surface area (Å²) in [5.41, 5.74) is 3.49. The minimum absolute atomic E-state index is 0.503. The van der Waals surface area contributed by atoms with E-state index in [-0.39, 0.29) is 0 Å². The quantitative estimate of drug-likeness (QED) is 0.156. The van der Waals surface area contributed by atoms with Gasteiger partial charge in [-0.25, -0.2) is 0 Å². The lowest BCUT2D eigenvalue weighted by Crippen LogP contribution is -1.99. The first-order chi connectivity index (χ1) is 13.5. The fraction of sp³-hybridized carbons (Fsp3) is 0.0455. The maximum Gasteiger partial charge on any atom is 0.146 e. The number of hydrogen-bond acceptors (Lipinski definition) is 2. The van der Waals surface area contributed by atoms with Crippen molar-refractivity contribution in [2.24, 2.45) is 0 Å². The highest BCUT2D eigenvalue weighted by molar-refractivity contribution is 14.1. The summed E-state index contributed by atoms with van der Waals surface area (Å²) in [4.78, 5) is 0. The predicted octanol–water partition coefficient (Wildman–Crippen LogP) is 7.95. The molecular formula is C22H13BrClI2NO. The van der Waals surface area contributed by atoms with E-state index >= 15 is 0 Å². The van der Waals surface area contributed by atoms with Gasteiger partial charge in [0.15, 0.2) is 0 Å². The van der Waals surface area contributed by atoms with Crippen LogP contribution in [0.4, 0.5) is 0 Å². The second kappa shape index (κ2) is 10.1. The summed E-state index contributed by atoms with van der Waals surface area (Å²) in [7, 11) is 0. The minimum Gasteiger partial charge on any atom is -0.487 e. The highest BCUT2D eigenvalue weighted by Crippen LogP contribution is 2.31. The Balaban J connectivity index is 1.83. The monoisotopic (exact) mass is 675 g/mol. The number of rotatable bonds is 5. The SMILES string of the molecule is N#C/C(=C/c1cc(I)c(OCc2ccc(Br)cc2)c(I)c1)c1ccc(Cl)cc1. The summed E-state index contributed by atoms with van der Waals surface area (Å²) in [5, 5.41) is 10.2. The Morgan fingerprint density at radius 1 is 1.04 bits per heavy atom. The van der Waals surface area contributed by atoms with Gasteiger partial charge in [-0.15, -0.1) is 0 Å². The fourth-order valence-electron chi connectivity index (χ4n) is 2.51. The zero-order valence-electron chi connectivity index (χ0n) is 14.4. The summed E-state index contributed by atoms with van der Waals surface area (Å²) in [6.45, 7) is 0.503. The predicted molar refractivity (Wildman–Crippen MR) is 135 cm³/mol. The van der Waals surface area contributed by atoms with Crippen molar-refractivity contribution in [3.05, 3.63) is 94.0 Å². The van der Waals surface area contributed by atoms with E-state index in [0.717, 1.165) is 34.1 Å². The number of nitrogens with zero attached hydrogens (tertiary/aromatic N) is 1. The molecule has 2 nitrogen and oxygen atoms in total. The molecule has 6 heteroatoms. The first kappa shape index (κ1) is 21.6. The van der Waals surface area contributed by atoms with Gasteiger partial charge in [-0.2, -0.15) is 5.26 Å². The summed E-state index contributed by atoms with van der Waals surface area (Å²) < 4.78 is 9.10. The third kappa shape index (κ3) is 5.72. The average Bonchev–Trinajstić information content (AvgIpc) is 2.67. The van der Waals surface area contributed by atoms with Gasteiger partial charge in [0.25, 0.3) is 0 Å². The van der Waals surface area contributed by atoms with E-state index in [1.54, 1.807) is 12.1 Å². The summed E-state index contributed by atoms with van der Waals surface area (Å²) in [6, 6.07) is 21.7. The first-order valence-electron chi connectivity index (χ1n) is 8.20. The second-order valence-electron chi connectivity index (χ2n) is 5.91. The molecule has 0 saturated heterocycles. The summed E-state index contributed by atoms with van der Waals surface area (Å²) in [5.74, 6) is 0.853. The zero-order valence-corrected chi connectivity index (χ0v) is 21.1. The van der Waals surface area contributed by atoms with Crippen molar-refractivity contribution in [2.45, 2.75) is 6.61 Å². The summed E-state index contributed by atoms with van der Waals surface area (Å²) in [6.07, 6.45) is 1.88. The lowest BCUT2D eigenvalue weighted by atomic mass is 10.0. The number of halogens is 4. The van der Waals surface area contributed by atoms with Crippen molar-refractivity contribution in [3.8, 4) is 11.8 Å². The number of benzene rings is 3. The van der Waals surface area contributed by atoms with Crippen LogP contribution in [0.1, 0.15) is 16.7 Å². The van der Waals surface area contributed by atoms with Crippen molar-refractivity contribution < 1.29 is 4.74 Å². The van der Waals surface area contributed by atoms with Gasteiger partial charge in [0.1, 0.15) is 12.4 Å². The van der Waals surface area contributed by atoms with E-state index < -0.39 is 0 Å². The smallest absolute Gasteiger partial charge is 0.146 e. The molecule has 0 aliphatic carbocycles. The maximum absolute atomic E-state index is 9.55. The third-order valence-corrected chi connectivity index (χ3v) is 6.29. The molecule has 0 amide bonds. The molecule has 3 rings (SSSR count). The molecule has 0 aromatic heterocycles. The molecule has 0 bridgehead atoms. The Kier molecular flexibility index (Phi) is 7.80. The number of hydrogen-bond donors (Lipinski definition) is 0. The third-order valence-electron chi connectivity index (χ3n) is 3.90. The van der Waals surface area contributed by atoms with Crippen LogP contribution in [-0.4, -0.2) is 0 Å². The lowest BCUT2D eigenvalue weighted by Gasteiger charge is -2.12. The maximum atomic E-state index is 9.55. The molecule has 3 aromatic rings. The number of ether oxygens (including phenoxy) is 1. The highest BCUT2D eigenvalue weighted by Gasteiger charge is 2.10. The lowest BCUT2D eigenvalue weighted by molar-refractivity contribution is 0.301. The normalized spacial score (nSPS) is 11.2. The van der Waals surface area contributed by atoms with Crippen LogP contribution in [0.3, 0.4) is 0 Å². The van der Waals surface area contributed by atoms with Crippen LogP contribution in [0.5, 0.6) is 5.75 Å². The van der Waals surface area contributed by atoms with Gasteiger partial charge in [0.2, 0.25) is 0 Å². The number of nitriles is 1. The van der Waals surface area contributed by atoms with Crippen molar-refractivity contribution in [3.63, 3.8) is 0 Å². The summed E-state index contributed by atoms with van der Waals surface area (Å²) >= 11 is 13.9. The van der Waals surface area contributed by atoms with E-state index in [9.17, 15) is 5.26 Å². The van der Waals surface area contributed by atoms with Crippen LogP contribution >= 0.6 is 72.7 Å². The Labute approximate surface area is 205 Å². The molecule has 28 heavy (non-hydrogen) atoms. The molecule has 0 aliphatic heterocycles. The molecule has 0 N–H and O–H groups in total. The van der Waals surface area contributed by atoms with Crippen LogP contribution in [0.15, 0.2) is 65.1 Å². The molecule has 0 spiro atoms. The average molecular weight is 677 g/mol. The molecule has 0 heterocycles. The topological polar surface area (TPSA) is 33.0 Å². The van der Waals surface area contributed by atoms with E-state index in [1.807, 2.05) is 54.6 Å². The second-order valence-corrected chi connectivity index (χ2v) is 9.58. The van der Waals surface area contributed by atoms with Gasteiger partial charge in [-0.3, -0.25) is 0 Å². The molecule has 140 valence electrons. The van der Waals surface area contributed by atoms with Crippen LogP contribution in [-0.2, 0) is 6.61 Å². The van der Waals surface area contributed by atoms with Crippen LogP contribution in [0.2, 0.25) is 5.02 Å². The molecule has 0 unspecified atom stereocenters. The Morgan fingerprint density at radius 3 is 2.21 bits per heavy atom. The molecule has 3 aromatic carbocycles.